The lowest BCUT2D eigenvalue weighted by Crippen LogP contribution is -2.32. The van der Waals surface area contributed by atoms with Crippen LogP contribution in [0.4, 0.5) is 5.69 Å². The lowest BCUT2D eigenvalue weighted by Gasteiger charge is -2.15. The van der Waals surface area contributed by atoms with Crippen LogP contribution in [0.2, 0.25) is 0 Å². The van der Waals surface area contributed by atoms with Crippen molar-refractivity contribution in [3.63, 3.8) is 0 Å². The second-order valence-corrected chi connectivity index (χ2v) is 8.06. The molecule has 1 amide bonds. The third-order valence-corrected chi connectivity index (χ3v) is 6.09. The van der Waals surface area contributed by atoms with Crippen LogP contribution in [-0.2, 0) is 4.79 Å². The van der Waals surface area contributed by atoms with Crippen molar-refractivity contribution in [1.82, 2.24) is 14.6 Å². The first-order valence-electron chi connectivity index (χ1n) is 9.50. The molecule has 0 fully saturated rings. The van der Waals surface area contributed by atoms with E-state index in [1.807, 2.05) is 62.4 Å². The zero-order chi connectivity index (χ0) is 20.1. The third-order valence-electron chi connectivity index (χ3n) is 5.06. The standard InChI is InChI=1S/C22H18N4O2S/c1-3-12-25-16-7-5-4-6-15(16)17(20(25)27)18-21(28)26-22(29-18)23-19(24-26)14-10-8-13(2)9-11-14/h4-11H,3,12H2,1-2H3/b18-17-. The predicted octanol–water partition coefficient (Wildman–Crippen LogP) is 2.80. The monoisotopic (exact) mass is 402 g/mol. The van der Waals surface area contributed by atoms with Crippen LogP contribution in [0.5, 0.6) is 0 Å². The Kier molecular flexibility index (Phi) is 4.06. The molecule has 1 aliphatic heterocycles. The van der Waals surface area contributed by atoms with Crippen LogP contribution < -0.4 is 15.0 Å². The summed E-state index contributed by atoms with van der Waals surface area (Å²) in [6.45, 7) is 4.66. The Labute approximate surface area is 170 Å². The molecule has 29 heavy (non-hydrogen) atoms. The van der Waals surface area contributed by atoms with Crippen molar-refractivity contribution in [2.45, 2.75) is 20.3 Å². The van der Waals surface area contributed by atoms with Gasteiger partial charge in [-0.05, 0) is 19.4 Å². The molecule has 3 heterocycles. The van der Waals surface area contributed by atoms with Gasteiger partial charge in [-0.1, -0.05) is 66.3 Å². The Morgan fingerprint density at radius 3 is 2.52 bits per heavy atom. The topological polar surface area (TPSA) is 67.6 Å². The molecule has 0 bridgehead atoms. The van der Waals surface area contributed by atoms with Crippen molar-refractivity contribution in [2.24, 2.45) is 0 Å². The Morgan fingerprint density at radius 2 is 1.79 bits per heavy atom. The number of carbonyl (C=O) groups is 1. The SMILES string of the molecule is CCCN1C(=O)/C(=c2\sc3nc(-c4ccc(C)cc4)nn3c2=O)c2ccccc21. The number of hydrogen-bond acceptors (Lipinski definition) is 5. The number of nitrogens with zero attached hydrogens (tertiary/aromatic N) is 4. The highest BCUT2D eigenvalue weighted by Gasteiger charge is 2.33. The van der Waals surface area contributed by atoms with E-state index in [1.165, 1.54) is 15.9 Å². The van der Waals surface area contributed by atoms with Gasteiger partial charge in [0.05, 0.1) is 11.3 Å². The second kappa shape index (κ2) is 6.63. The first-order chi connectivity index (χ1) is 14.1. The number of para-hydroxylation sites is 1. The van der Waals surface area contributed by atoms with E-state index in [2.05, 4.69) is 10.1 Å². The zero-order valence-corrected chi connectivity index (χ0v) is 16.9. The van der Waals surface area contributed by atoms with Crippen LogP contribution in [0, 0.1) is 6.92 Å². The van der Waals surface area contributed by atoms with E-state index in [0.717, 1.165) is 28.8 Å². The predicted molar refractivity (Wildman–Crippen MR) is 114 cm³/mol. The lowest BCUT2D eigenvalue weighted by atomic mass is 10.1. The van der Waals surface area contributed by atoms with Crippen LogP contribution in [0.3, 0.4) is 0 Å². The van der Waals surface area contributed by atoms with Crippen molar-refractivity contribution in [1.29, 1.82) is 0 Å². The fourth-order valence-corrected chi connectivity index (χ4v) is 4.65. The molecule has 2 aromatic carbocycles. The molecule has 7 heteroatoms. The van der Waals surface area contributed by atoms with Gasteiger partial charge in [0.2, 0.25) is 4.96 Å². The molecule has 0 saturated carbocycles. The minimum Gasteiger partial charge on any atom is -0.308 e. The molecule has 0 N–H and O–H groups in total. The maximum atomic E-state index is 13.1. The third kappa shape index (κ3) is 2.69. The molecule has 0 saturated heterocycles. The Hall–Kier alpha value is -3.32. The highest BCUT2D eigenvalue weighted by atomic mass is 32.1. The summed E-state index contributed by atoms with van der Waals surface area (Å²) in [5, 5.41) is 4.41. The van der Waals surface area contributed by atoms with Crippen molar-refractivity contribution in [3.05, 3.63) is 74.5 Å². The second-order valence-electron chi connectivity index (χ2n) is 7.08. The summed E-state index contributed by atoms with van der Waals surface area (Å²) in [6, 6.07) is 15.5. The summed E-state index contributed by atoms with van der Waals surface area (Å²) < 4.78 is 1.70. The van der Waals surface area contributed by atoms with Gasteiger partial charge in [-0.3, -0.25) is 9.59 Å². The lowest BCUT2D eigenvalue weighted by molar-refractivity contribution is -0.113. The molecule has 6 nitrogen and oxygen atoms in total. The molecule has 2 aromatic heterocycles. The van der Waals surface area contributed by atoms with E-state index in [1.54, 1.807) is 4.90 Å². The van der Waals surface area contributed by atoms with E-state index < -0.39 is 0 Å². The summed E-state index contributed by atoms with van der Waals surface area (Å²) in [7, 11) is 0. The highest BCUT2D eigenvalue weighted by molar-refractivity contribution is 7.15. The van der Waals surface area contributed by atoms with Crippen LogP contribution in [0.1, 0.15) is 24.5 Å². The molecule has 0 unspecified atom stereocenters. The maximum Gasteiger partial charge on any atom is 0.291 e. The van der Waals surface area contributed by atoms with Crippen molar-refractivity contribution in [2.75, 3.05) is 11.4 Å². The number of aryl methyl sites for hydroxylation is 1. The van der Waals surface area contributed by atoms with Crippen LogP contribution in [0.15, 0.2) is 53.3 Å². The normalized spacial score (nSPS) is 15.4. The first kappa shape index (κ1) is 17.8. The Morgan fingerprint density at radius 1 is 1.03 bits per heavy atom. The van der Waals surface area contributed by atoms with E-state index >= 15 is 0 Å². The van der Waals surface area contributed by atoms with Crippen LogP contribution >= 0.6 is 11.3 Å². The summed E-state index contributed by atoms with van der Waals surface area (Å²) in [6.07, 6.45) is 0.840. The molecule has 1 aliphatic rings. The molecular weight excluding hydrogens is 384 g/mol. The van der Waals surface area contributed by atoms with Gasteiger partial charge in [0.1, 0.15) is 4.53 Å². The number of aromatic nitrogens is 3. The highest BCUT2D eigenvalue weighted by Crippen LogP contribution is 2.35. The molecule has 0 spiro atoms. The Bertz CT molecular complexity index is 1370. The average Bonchev–Trinajstić information content (AvgIpc) is 3.35. The Balaban J connectivity index is 1.71. The first-order valence-corrected chi connectivity index (χ1v) is 10.3. The number of amides is 1. The number of hydrogen-bond donors (Lipinski definition) is 0. The van der Waals surface area contributed by atoms with E-state index in [4.69, 9.17) is 0 Å². The number of rotatable bonds is 3. The summed E-state index contributed by atoms with van der Waals surface area (Å²) >= 11 is 1.22. The number of carbonyl (C=O) groups excluding carboxylic acids is 1. The largest absolute Gasteiger partial charge is 0.308 e. The number of benzene rings is 2. The molecule has 5 rings (SSSR count). The summed E-state index contributed by atoms with van der Waals surface area (Å²) in [5.41, 5.74) is 3.81. The molecule has 4 aromatic rings. The molecule has 0 aliphatic carbocycles. The smallest absolute Gasteiger partial charge is 0.291 e. The molecule has 144 valence electrons. The fourth-order valence-electron chi connectivity index (χ4n) is 3.66. The maximum absolute atomic E-state index is 13.1. The van der Waals surface area contributed by atoms with E-state index in [9.17, 15) is 9.59 Å². The van der Waals surface area contributed by atoms with Gasteiger partial charge in [-0.2, -0.15) is 9.50 Å². The molecule has 0 radical (unpaired) electrons. The summed E-state index contributed by atoms with van der Waals surface area (Å²) in [4.78, 5) is 33.0. The zero-order valence-electron chi connectivity index (χ0n) is 16.0. The van der Waals surface area contributed by atoms with Gasteiger partial charge in [-0.15, -0.1) is 5.10 Å². The van der Waals surface area contributed by atoms with Gasteiger partial charge < -0.3 is 4.90 Å². The minimum atomic E-state index is -0.299. The number of anilines is 1. The number of fused-ring (bicyclic) bond motifs is 2. The molecule has 0 atom stereocenters. The van der Waals surface area contributed by atoms with Gasteiger partial charge in [0.15, 0.2) is 5.82 Å². The van der Waals surface area contributed by atoms with Crippen molar-refractivity contribution >= 4 is 33.5 Å². The minimum absolute atomic E-state index is 0.131. The number of thiazole rings is 1. The van der Waals surface area contributed by atoms with E-state index in [-0.39, 0.29) is 11.5 Å². The van der Waals surface area contributed by atoms with Crippen molar-refractivity contribution < 1.29 is 4.79 Å². The molecular formula is C22H18N4O2S. The van der Waals surface area contributed by atoms with Crippen molar-refractivity contribution in [3.8, 4) is 11.4 Å². The van der Waals surface area contributed by atoms with E-state index in [0.29, 0.717) is 27.4 Å². The van der Waals surface area contributed by atoms with Gasteiger partial charge in [-0.25, -0.2) is 0 Å². The average molecular weight is 402 g/mol. The van der Waals surface area contributed by atoms with Gasteiger partial charge in [0.25, 0.3) is 11.5 Å². The van der Waals surface area contributed by atoms with Gasteiger partial charge in [0, 0.05) is 17.7 Å². The van der Waals surface area contributed by atoms with Crippen LogP contribution in [-0.4, -0.2) is 27.0 Å². The fraction of sp³-hybridized carbons (Fsp3) is 0.182. The quantitative estimate of drug-likeness (QED) is 0.529. The van der Waals surface area contributed by atoms with Gasteiger partial charge >= 0.3 is 0 Å². The van der Waals surface area contributed by atoms with Crippen LogP contribution in [0.25, 0.3) is 21.9 Å². The summed E-state index contributed by atoms with van der Waals surface area (Å²) in [5.74, 6) is 0.379.